The first-order chi connectivity index (χ1) is 9.20. The summed E-state index contributed by atoms with van der Waals surface area (Å²) in [5, 5.41) is 18.8. The average molecular weight is 294 g/mol. The summed E-state index contributed by atoms with van der Waals surface area (Å²) in [4.78, 5) is 23.1. The topological polar surface area (TPSA) is 74.6 Å². The molecule has 0 saturated carbocycles. The van der Waals surface area contributed by atoms with E-state index in [0.29, 0.717) is 6.42 Å². The van der Waals surface area contributed by atoms with Gasteiger partial charge in [0.15, 0.2) is 5.41 Å². The molecule has 0 aromatic heterocycles. The van der Waals surface area contributed by atoms with Crippen LogP contribution < -0.4 is 18.9 Å². The molecular formula is C16H31LiO4. The van der Waals surface area contributed by atoms with E-state index in [1.807, 2.05) is 0 Å². The number of carboxylic acids is 2. The van der Waals surface area contributed by atoms with Crippen LogP contribution in [-0.2, 0) is 9.59 Å². The predicted octanol–water partition coefficient (Wildman–Crippen LogP) is 1.45. The zero-order valence-corrected chi connectivity index (χ0v) is 14.4. The second-order valence-corrected chi connectivity index (χ2v) is 6.64. The molecule has 0 spiro atoms. The van der Waals surface area contributed by atoms with E-state index in [1.54, 1.807) is 20.8 Å². The third kappa shape index (κ3) is 6.44. The Morgan fingerprint density at radius 1 is 0.857 bits per heavy atom. The Morgan fingerprint density at radius 3 is 1.57 bits per heavy atom. The largest absolute Gasteiger partial charge is 1.00 e. The van der Waals surface area contributed by atoms with E-state index in [9.17, 15) is 19.8 Å². The molecule has 21 heavy (non-hydrogen) atoms. The van der Waals surface area contributed by atoms with Crippen LogP contribution in [0.3, 0.4) is 0 Å². The summed E-state index contributed by atoms with van der Waals surface area (Å²) < 4.78 is 0. The van der Waals surface area contributed by atoms with Crippen molar-refractivity contribution in [2.24, 2.45) is 10.8 Å². The molecule has 5 heteroatoms. The molecular weight excluding hydrogens is 263 g/mol. The maximum Gasteiger partial charge on any atom is 1.00 e. The van der Waals surface area contributed by atoms with Crippen LogP contribution in [0.2, 0.25) is 0 Å². The van der Waals surface area contributed by atoms with Crippen LogP contribution in [0, 0.1) is 10.8 Å². The van der Waals surface area contributed by atoms with Gasteiger partial charge in [-0.25, -0.2) is 0 Å². The molecule has 0 aliphatic carbocycles. The van der Waals surface area contributed by atoms with Crippen LogP contribution in [-0.4, -0.2) is 22.2 Å². The van der Waals surface area contributed by atoms with E-state index in [4.69, 9.17) is 0 Å². The van der Waals surface area contributed by atoms with Gasteiger partial charge in [-0.3, -0.25) is 9.59 Å². The van der Waals surface area contributed by atoms with E-state index in [-0.39, 0.29) is 26.7 Å². The first kappa shape index (κ1) is 22.8. The van der Waals surface area contributed by atoms with Crippen molar-refractivity contribution in [3.8, 4) is 0 Å². The van der Waals surface area contributed by atoms with Gasteiger partial charge < -0.3 is 11.6 Å². The summed E-state index contributed by atoms with van der Waals surface area (Å²) >= 11 is 0. The Hall–Kier alpha value is -0.463. The molecule has 2 N–H and O–H groups in total. The molecule has 0 fully saturated rings. The molecule has 0 aromatic carbocycles. The summed E-state index contributed by atoms with van der Waals surface area (Å²) in [6.07, 6.45) is 7.61. The van der Waals surface area contributed by atoms with Crippen molar-refractivity contribution in [1.29, 1.82) is 0 Å². The van der Waals surface area contributed by atoms with Crippen LogP contribution in [0.4, 0.5) is 0 Å². The fourth-order valence-electron chi connectivity index (χ4n) is 2.67. The number of rotatable bonds is 10. The van der Waals surface area contributed by atoms with Gasteiger partial charge in [0, 0.05) is 0 Å². The monoisotopic (exact) mass is 294 g/mol. The molecule has 0 heterocycles. The van der Waals surface area contributed by atoms with Gasteiger partial charge in [-0.2, -0.15) is 0 Å². The number of unbranched alkanes of at least 4 members (excludes halogenated alkanes) is 6. The maximum absolute atomic E-state index is 11.5. The maximum atomic E-state index is 11.5. The summed E-state index contributed by atoms with van der Waals surface area (Å²) in [6, 6.07) is 0. The van der Waals surface area contributed by atoms with Crippen molar-refractivity contribution >= 4 is 11.9 Å². The molecule has 0 rings (SSSR count). The number of carbonyl (C=O) groups is 2. The molecule has 0 atom stereocenters. The number of aliphatic carboxylic acids is 2. The SMILES string of the molecule is CCCCCCCCCC(C(=O)O)(C(=O)O)C(C)(C)C.[H-].[Li+]. The Bertz CT molecular complexity index is 313. The van der Waals surface area contributed by atoms with Gasteiger partial charge in [0.05, 0.1) is 0 Å². The van der Waals surface area contributed by atoms with Gasteiger partial charge in [0.1, 0.15) is 0 Å². The molecule has 0 aromatic rings. The third-order valence-corrected chi connectivity index (χ3v) is 4.17. The second kappa shape index (κ2) is 10.3. The summed E-state index contributed by atoms with van der Waals surface area (Å²) in [7, 11) is 0. The Balaban J connectivity index is -0.00000180. The Labute approximate surface area is 142 Å². The first-order valence-corrected chi connectivity index (χ1v) is 7.67. The van der Waals surface area contributed by atoms with Gasteiger partial charge in [0.2, 0.25) is 0 Å². The van der Waals surface area contributed by atoms with Crippen LogP contribution in [0.15, 0.2) is 0 Å². The van der Waals surface area contributed by atoms with E-state index in [0.717, 1.165) is 19.3 Å². The standard InChI is InChI=1S/C16H30O4.Li.H/c1-5-6-7-8-9-10-11-12-16(13(17)18,14(19)20)15(2,3)4;;/h5-12H2,1-4H3,(H,17,18)(H,19,20);;/q;+1;-1. The summed E-state index contributed by atoms with van der Waals surface area (Å²) in [5.74, 6) is -2.44. The van der Waals surface area contributed by atoms with E-state index in [1.165, 1.54) is 19.3 Å². The molecule has 0 saturated heterocycles. The van der Waals surface area contributed by atoms with Gasteiger partial charge in [-0.15, -0.1) is 0 Å². The summed E-state index contributed by atoms with van der Waals surface area (Å²) in [6.45, 7) is 7.24. The van der Waals surface area contributed by atoms with Crippen molar-refractivity contribution < 1.29 is 40.1 Å². The number of hydrogen-bond donors (Lipinski definition) is 2. The summed E-state index contributed by atoms with van der Waals surface area (Å²) in [5.41, 5.74) is -2.48. The zero-order chi connectivity index (χ0) is 15.8. The van der Waals surface area contributed by atoms with Crippen molar-refractivity contribution in [2.45, 2.75) is 79.1 Å². The predicted molar refractivity (Wildman–Crippen MR) is 80.9 cm³/mol. The number of hydrogen-bond acceptors (Lipinski definition) is 2. The average Bonchev–Trinajstić information content (AvgIpc) is 2.30. The van der Waals surface area contributed by atoms with Crippen LogP contribution in [0.25, 0.3) is 0 Å². The smallest absolute Gasteiger partial charge is 1.00 e. The molecule has 0 amide bonds. The third-order valence-electron chi connectivity index (χ3n) is 4.17. The fourth-order valence-corrected chi connectivity index (χ4v) is 2.67. The minimum atomic E-state index is -1.68. The van der Waals surface area contributed by atoms with Crippen LogP contribution >= 0.6 is 0 Å². The molecule has 0 aliphatic heterocycles. The van der Waals surface area contributed by atoms with E-state index in [2.05, 4.69) is 6.92 Å². The molecule has 120 valence electrons. The Kier molecular flexibility index (Phi) is 11.2. The minimum absolute atomic E-state index is 0. The fraction of sp³-hybridized carbons (Fsp3) is 0.875. The second-order valence-electron chi connectivity index (χ2n) is 6.64. The van der Waals surface area contributed by atoms with E-state index < -0.39 is 22.8 Å². The van der Waals surface area contributed by atoms with Crippen molar-refractivity contribution in [3.05, 3.63) is 0 Å². The molecule has 0 bridgehead atoms. The number of carboxylic acid groups (broad SMARTS) is 2. The van der Waals surface area contributed by atoms with Crippen molar-refractivity contribution in [1.82, 2.24) is 0 Å². The van der Waals surface area contributed by atoms with Crippen molar-refractivity contribution in [3.63, 3.8) is 0 Å². The van der Waals surface area contributed by atoms with Gasteiger partial charge in [-0.05, 0) is 11.8 Å². The zero-order valence-electron chi connectivity index (χ0n) is 15.4. The van der Waals surface area contributed by atoms with Crippen LogP contribution in [0.1, 0.15) is 80.5 Å². The molecule has 0 aliphatic rings. The van der Waals surface area contributed by atoms with E-state index >= 15 is 0 Å². The Morgan fingerprint density at radius 2 is 1.24 bits per heavy atom. The normalized spacial score (nSPS) is 11.8. The molecule has 0 unspecified atom stereocenters. The van der Waals surface area contributed by atoms with Gasteiger partial charge in [0.25, 0.3) is 0 Å². The molecule has 4 nitrogen and oxygen atoms in total. The molecule has 0 radical (unpaired) electrons. The van der Waals surface area contributed by atoms with Gasteiger partial charge in [-0.1, -0.05) is 72.6 Å². The quantitative estimate of drug-likeness (QED) is 0.363. The minimum Gasteiger partial charge on any atom is -1.00 e. The van der Waals surface area contributed by atoms with Crippen LogP contribution in [0.5, 0.6) is 0 Å². The van der Waals surface area contributed by atoms with Gasteiger partial charge >= 0.3 is 30.8 Å². The van der Waals surface area contributed by atoms with Crippen molar-refractivity contribution in [2.75, 3.05) is 0 Å². The first-order valence-electron chi connectivity index (χ1n) is 7.67.